The highest BCUT2D eigenvalue weighted by Gasteiger charge is 2.28. The molecule has 0 saturated carbocycles. The first-order valence-electron chi connectivity index (χ1n) is 9.70. The molecule has 8 heteroatoms. The highest BCUT2D eigenvalue weighted by Crippen LogP contribution is 2.28. The largest absolute Gasteiger partial charge is 0.355 e. The SMILES string of the molecule is CCNC(=O)C(CC)N(Cc1ccccc1Cl)C(=O)CSCc1c(Cl)cccc1Cl. The number of rotatable bonds is 10. The van der Waals surface area contributed by atoms with Gasteiger partial charge in [-0.1, -0.05) is 66.0 Å². The second kappa shape index (κ2) is 12.5. The smallest absolute Gasteiger partial charge is 0.242 e. The van der Waals surface area contributed by atoms with E-state index in [2.05, 4.69) is 5.32 Å². The maximum atomic E-state index is 13.1. The average Bonchev–Trinajstić information content (AvgIpc) is 2.71. The Labute approximate surface area is 197 Å². The van der Waals surface area contributed by atoms with Crippen LogP contribution in [0, 0.1) is 0 Å². The van der Waals surface area contributed by atoms with Crippen molar-refractivity contribution in [2.75, 3.05) is 12.3 Å². The van der Waals surface area contributed by atoms with Crippen LogP contribution >= 0.6 is 46.6 Å². The van der Waals surface area contributed by atoms with Crippen LogP contribution in [0.3, 0.4) is 0 Å². The average molecular weight is 488 g/mol. The van der Waals surface area contributed by atoms with Crippen LogP contribution in [0.5, 0.6) is 0 Å². The van der Waals surface area contributed by atoms with E-state index in [-0.39, 0.29) is 24.1 Å². The van der Waals surface area contributed by atoms with Crippen molar-refractivity contribution in [2.24, 2.45) is 0 Å². The fraction of sp³-hybridized carbons (Fsp3) is 0.364. The van der Waals surface area contributed by atoms with E-state index in [1.165, 1.54) is 11.8 Å². The molecule has 0 aliphatic rings. The van der Waals surface area contributed by atoms with Crippen molar-refractivity contribution in [1.82, 2.24) is 10.2 Å². The van der Waals surface area contributed by atoms with Crippen molar-refractivity contribution in [3.8, 4) is 0 Å². The van der Waals surface area contributed by atoms with E-state index in [4.69, 9.17) is 34.8 Å². The minimum Gasteiger partial charge on any atom is -0.355 e. The molecule has 0 bridgehead atoms. The summed E-state index contributed by atoms with van der Waals surface area (Å²) in [6.45, 7) is 4.52. The van der Waals surface area contributed by atoms with Gasteiger partial charge in [-0.2, -0.15) is 0 Å². The van der Waals surface area contributed by atoms with Gasteiger partial charge in [-0.25, -0.2) is 0 Å². The molecule has 2 aromatic carbocycles. The van der Waals surface area contributed by atoms with Gasteiger partial charge in [-0.15, -0.1) is 11.8 Å². The fourth-order valence-corrected chi connectivity index (χ4v) is 4.86. The van der Waals surface area contributed by atoms with Crippen LogP contribution in [0.1, 0.15) is 31.4 Å². The van der Waals surface area contributed by atoms with Gasteiger partial charge in [0.15, 0.2) is 0 Å². The first-order chi connectivity index (χ1) is 14.4. The van der Waals surface area contributed by atoms with Crippen molar-refractivity contribution in [3.05, 3.63) is 68.7 Å². The molecule has 0 aliphatic heterocycles. The first-order valence-corrected chi connectivity index (χ1v) is 12.0. The maximum Gasteiger partial charge on any atom is 0.242 e. The number of hydrogen-bond acceptors (Lipinski definition) is 3. The second-order valence-corrected chi connectivity index (χ2v) is 8.83. The molecule has 0 spiro atoms. The summed E-state index contributed by atoms with van der Waals surface area (Å²) in [6, 6.07) is 12.1. The molecule has 1 unspecified atom stereocenters. The number of nitrogens with zero attached hydrogens (tertiary/aromatic N) is 1. The second-order valence-electron chi connectivity index (χ2n) is 6.62. The third-order valence-electron chi connectivity index (χ3n) is 4.57. The quantitative estimate of drug-likeness (QED) is 0.459. The normalized spacial score (nSPS) is 11.8. The van der Waals surface area contributed by atoms with Gasteiger partial charge < -0.3 is 10.2 Å². The van der Waals surface area contributed by atoms with E-state index in [1.807, 2.05) is 32.0 Å². The molecule has 4 nitrogen and oxygen atoms in total. The summed E-state index contributed by atoms with van der Waals surface area (Å²) in [5.41, 5.74) is 1.60. The van der Waals surface area contributed by atoms with Gasteiger partial charge in [0.25, 0.3) is 0 Å². The molecule has 1 atom stereocenters. The van der Waals surface area contributed by atoms with Crippen LogP contribution in [0.2, 0.25) is 15.1 Å². The van der Waals surface area contributed by atoms with Crippen molar-refractivity contribution in [1.29, 1.82) is 0 Å². The Kier molecular flexibility index (Phi) is 10.3. The zero-order chi connectivity index (χ0) is 22.1. The maximum absolute atomic E-state index is 13.1. The third-order valence-corrected chi connectivity index (χ3v) is 6.59. The lowest BCUT2D eigenvalue weighted by Crippen LogP contribution is -2.49. The summed E-state index contributed by atoms with van der Waals surface area (Å²) in [5.74, 6) is 0.394. The zero-order valence-corrected chi connectivity index (χ0v) is 20.0. The number of benzene rings is 2. The Morgan fingerprint density at radius 2 is 1.63 bits per heavy atom. The van der Waals surface area contributed by atoms with Crippen LogP contribution in [-0.4, -0.2) is 35.1 Å². The predicted molar refractivity (Wildman–Crippen MR) is 127 cm³/mol. The van der Waals surface area contributed by atoms with E-state index in [9.17, 15) is 9.59 Å². The van der Waals surface area contributed by atoms with Crippen molar-refractivity contribution in [2.45, 2.75) is 38.6 Å². The van der Waals surface area contributed by atoms with E-state index < -0.39 is 6.04 Å². The Bertz CT molecular complexity index is 859. The lowest BCUT2D eigenvalue weighted by atomic mass is 10.1. The number of likely N-dealkylation sites (N-methyl/N-ethyl adjacent to an activating group) is 1. The highest BCUT2D eigenvalue weighted by molar-refractivity contribution is 7.99. The lowest BCUT2D eigenvalue weighted by Gasteiger charge is -2.30. The molecule has 0 aromatic heterocycles. The van der Waals surface area contributed by atoms with E-state index >= 15 is 0 Å². The summed E-state index contributed by atoms with van der Waals surface area (Å²) < 4.78 is 0. The highest BCUT2D eigenvalue weighted by atomic mass is 35.5. The molecule has 0 heterocycles. The number of amides is 2. The molecule has 2 amide bonds. The lowest BCUT2D eigenvalue weighted by molar-refractivity contribution is -0.139. The number of halogens is 3. The number of nitrogens with one attached hydrogen (secondary N) is 1. The molecule has 0 aliphatic carbocycles. The van der Waals surface area contributed by atoms with Gasteiger partial charge in [0.2, 0.25) is 11.8 Å². The van der Waals surface area contributed by atoms with E-state index in [1.54, 1.807) is 29.2 Å². The van der Waals surface area contributed by atoms with Gasteiger partial charge in [0, 0.05) is 33.9 Å². The van der Waals surface area contributed by atoms with Crippen molar-refractivity contribution in [3.63, 3.8) is 0 Å². The van der Waals surface area contributed by atoms with Gasteiger partial charge in [-0.3, -0.25) is 9.59 Å². The minimum atomic E-state index is -0.571. The standard InChI is InChI=1S/C22H25Cl3N2O2S/c1-3-20(22(29)26-4-2)27(12-15-8-5-6-9-17(15)23)21(28)14-30-13-16-18(24)10-7-11-19(16)25/h5-11,20H,3-4,12-14H2,1-2H3,(H,26,29). The molecular formula is C22H25Cl3N2O2S. The summed E-state index contributed by atoms with van der Waals surface area (Å²) in [5, 5.41) is 4.53. The monoisotopic (exact) mass is 486 g/mol. The molecule has 1 N–H and O–H groups in total. The van der Waals surface area contributed by atoms with Crippen LogP contribution in [0.25, 0.3) is 0 Å². The number of thioether (sulfide) groups is 1. The first kappa shape index (κ1) is 24.9. The zero-order valence-electron chi connectivity index (χ0n) is 17.0. The summed E-state index contributed by atoms with van der Waals surface area (Å²) in [6.07, 6.45) is 0.503. The molecule has 30 heavy (non-hydrogen) atoms. The molecule has 2 aromatic rings. The molecule has 2 rings (SSSR count). The van der Waals surface area contributed by atoms with Gasteiger partial charge in [0.05, 0.1) is 5.75 Å². The van der Waals surface area contributed by atoms with Crippen molar-refractivity contribution >= 4 is 58.4 Å². The number of carbonyl (C=O) groups excluding carboxylic acids is 2. The topological polar surface area (TPSA) is 49.4 Å². The predicted octanol–water partition coefficient (Wildman–Crippen LogP) is 5.82. The number of hydrogen-bond donors (Lipinski definition) is 1. The molecule has 0 radical (unpaired) electrons. The Morgan fingerprint density at radius 1 is 1.00 bits per heavy atom. The molecule has 162 valence electrons. The summed E-state index contributed by atoms with van der Waals surface area (Å²) >= 11 is 20.2. The Hall–Kier alpha value is -1.40. The fourth-order valence-electron chi connectivity index (χ4n) is 3.02. The van der Waals surface area contributed by atoms with Gasteiger partial charge >= 0.3 is 0 Å². The van der Waals surface area contributed by atoms with E-state index in [0.717, 1.165) is 11.1 Å². The van der Waals surface area contributed by atoms with E-state index in [0.29, 0.717) is 33.8 Å². The summed E-state index contributed by atoms with van der Waals surface area (Å²) in [7, 11) is 0. The molecular weight excluding hydrogens is 463 g/mol. The van der Waals surface area contributed by atoms with Crippen molar-refractivity contribution < 1.29 is 9.59 Å². The molecule has 0 saturated heterocycles. The van der Waals surface area contributed by atoms with Gasteiger partial charge in [0.1, 0.15) is 6.04 Å². The van der Waals surface area contributed by atoms with Gasteiger partial charge in [-0.05, 0) is 42.7 Å². The van der Waals surface area contributed by atoms with Crippen LogP contribution < -0.4 is 5.32 Å². The summed E-state index contributed by atoms with van der Waals surface area (Å²) in [4.78, 5) is 27.3. The third kappa shape index (κ3) is 6.81. The minimum absolute atomic E-state index is 0.138. The van der Waals surface area contributed by atoms with Crippen LogP contribution in [0.4, 0.5) is 0 Å². The van der Waals surface area contributed by atoms with Crippen LogP contribution in [0.15, 0.2) is 42.5 Å². The van der Waals surface area contributed by atoms with Crippen LogP contribution in [-0.2, 0) is 21.9 Å². The Balaban J connectivity index is 2.16. The molecule has 0 fully saturated rings. The Morgan fingerprint density at radius 3 is 2.23 bits per heavy atom. The number of carbonyl (C=O) groups is 2.